The number of hydrogen-bond donors (Lipinski definition) is 1. The molecule has 0 radical (unpaired) electrons. The summed E-state index contributed by atoms with van der Waals surface area (Å²) in [5, 5.41) is 2.82. The lowest BCUT2D eigenvalue weighted by Gasteiger charge is -2.11. The number of nitrogens with one attached hydrogen (secondary N) is 1. The zero-order valence-corrected chi connectivity index (χ0v) is 13.3. The van der Waals surface area contributed by atoms with Gasteiger partial charge < -0.3 is 5.32 Å². The van der Waals surface area contributed by atoms with Crippen molar-refractivity contribution in [3.8, 4) is 11.4 Å². The average Bonchev–Trinajstić information content (AvgIpc) is 2.63. The van der Waals surface area contributed by atoms with E-state index in [0.717, 1.165) is 6.07 Å². The lowest BCUT2D eigenvalue weighted by atomic mass is 10.1. The summed E-state index contributed by atoms with van der Waals surface area (Å²) in [5.41, 5.74) is 0.798. The molecule has 0 fully saturated rings. The zero-order valence-electron chi connectivity index (χ0n) is 13.3. The van der Waals surface area contributed by atoms with Crippen LogP contribution in [-0.4, -0.2) is 31.8 Å². The maximum Gasteiger partial charge on any atom is 0.255 e. The quantitative estimate of drug-likeness (QED) is 0.711. The van der Waals surface area contributed by atoms with E-state index in [1.54, 1.807) is 12.3 Å². The van der Waals surface area contributed by atoms with Gasteiger partial charge in [-0.3, -0.25) is 14.2 Å². The van der Waals surface area contributed by atoms with E-state index in [2.05, 4.69) is 20.3 Å². The molecule has 3 aromatic rings. The minimum Gasteiger partial charge on any atom is -0.348 e. The molecule has 0 spiro atoms. The number of carbonyl (C=O) groups is 1. The Kier molecular flexibility index (Phi) is 4.60. The molecule has 0 saturated carbocycles. The van der Waals surface area contributed by atoms with Crippen LogP contribution in [0.2, 0.25) is 0 Å². The van der Waals surface area contributed by atoms with E-state index in [0.29, 0.717) is 11.4 Å². The molecular weight excluding hydrogens is 325 g/mol. The third kappa shape index (κ3) is 3.74. The van der Waals surface area contributed by atoms with Crippen molar-refractivity contribution < 1.29 is 9.18 Å². The summed E-state index contributed by atoms with van der Waals surface area (Å²) in [4.78, 5) is 36.5. The van der Waals surface area contributed by atoms with Crippen molar-refractivity contribution in [2.45, 2.75) is 0 Å². The van der Waals surface area contributed by atoms with E-state index in [4.69, 9.17) is 0 Å². The minimum atomic E-state index is -0.484. The molecule has 1 N–H and O–H groups in total. The van der Waals surface area contributed by atoms with Gasteiger partial charge in [-0.2, -0.15) is 0 Å². The summed E-state index contributed by atoms with van der Waals surface area (Å²) in [6.45, 7) is -0.128. The Morgan fingerprint density at radius 3 is 2.80 bits per heavy atom. The monoisotopic (exact) mass is 339 g/mol. The summed E-state index contributed by atoms with van der Waals surface area (Å²) in [5.74, 6) is -0.589. The fraction of sp³-hybridized carbons (Fsp3) is 0.118. The first-order valence-corrected chi connectivity index (χ1v) is 7.41. The number of benzene rings is 1. The summed E-state index contributed by atoms with van der Waals surface area (Å²) in [6, 6.07) is 8.39. The zero-order chi connectivity index (χ0) is 17.8. The van der Waals surface area contributed by atoms with Crippen LogP contribution in [0.1, 0.15) is 10.4 Å². The molecule has 8 heteroatoms. The van der Waals surface area contributed by atoms with Gasteiger partial charge in [0, 0.05) is 24.9 Å². The Bertz CT molecular complexity index is 972. The Morgan fingerprint density at radius 1 is 1.24 bits per heavy atom. The topological polar surface area (TPSA) is 89.8 Å². The van der Waals surface area contributed by atoms with Gasteiger partial charge in [0.05, 0.1) is 17.9 Å². The number of carbonyl (C=O) groups excluding carboxylic acids is 1. The molecule has 0 saturated heterocycles. The predicted octanol–water partition coefficient (Wildman–Crippen LogP) is 1.67. The maximum absolute atomic E-state index is 13.2. The molecule has 0 aliphatic rings. The average molecular weight is 339 g/mol. The third-order valence-electron chi connectivity index (χ3n) is 3.53. The molecule has 0 aliphatic carbocycles. The highest BCUT2D eigenvalue weighted by Crippen LogP contribution is 2.13. The number of rotatable bonds is 5. The highest BCUT2D eigenvalue weighted by molar-refractivity contribution is 5.98. The molecule has 1 aromatic carbocycles. The van der Waals surface area contributed by atoms with Crippen LogP contribution in [0.5, 0.6) is 0 Å². The van der Waals surface area contributed by atoms with E-state index in [9.17, 15) is 14.0 Å². The van der Waals surface area contributed by atoms with Gasteiger partial charge in [0.2, 0.25) is 5.95 Å². The molecule has 25 heavy (non-hydrogen) atoms. The summed E-state index contributed by atoms with van der Waals surface area (Å²) >= 11 is 0. The standard InChI is InChI=1S/C17H14FN5O2/c1-23-16(25)8-14(13-5-6-19-10-21-13)22-17(23)20-9-15(24)11-3-2-4-12(18)7-11/h2-8,10H,9H2,1H3,(H,20,22). The van der Waals surface area contributed by atoms with Gasteiger partial charge in [0.15, 0.2) is 5.78 Å². The van der Waals surface area contributed by atoms with E-state index >= 15 is 0 Å². The highest BCUT2D eigenvalue weighted by Gasteiger charge is 2.11. The van der Waals surface area contributed by atoms with Crippen molar-refractivity contribution in [1.29, 1.82) is 0 Å². The molecule has 3 rings (SSSR count). The van der Waals surface area contributed by atoms with Crippen molar-refractivity contribution in [2.24, 2.45) is 7.05 Å². The molecule has 0 bridgehead atoms. The van der Waals surface area contributed by atoms with E-state index in [1.165, 1.54) is 42.2 Å². The maximum atomic E-state index is 13.2. The van der Waals surface area contributed by atoms with Crippen molar-refractivity contribution in [1.82, 2.24) is 19.5 Å². The minimum absolute atomic E-state index is 0.128. The Morgan fingerprint density at radius 2 is 2.08 bits per heavy atom. The van der Waals surface area contributed by atoms with Crippen LogP contribution < -0.4 is 10.9 Å². The lowest BCUT2D eigenvalue weighted by molar-refractivity contribution is 0.101. The number of hydrogen-bond acceptors (Lipinski definition) is 6. The molecule has 0 unspecified atom stereocenters. The fourth-order valence-electron chi connectivity index (χ4n) is 2.19. The number of aromatic nitrogens is 4. The van der Waals surface area contributed by atoms with E-state index in [1.807, 2.05) is 0 Å². The van der Waals surface area contributed by atoms with Crippen LogP contribution >= 0.6 is 0 Å². The van der Waals surface area contributed by atoms with Crippen LogP contribution in [-0.2, 0) is 7.05 Å². The molecule has 2 heterocycles. The van der Waals surface area contributed by atoms with Gasteiger partial charge in [-0.1, -0.05) is 12.1 Å². The molecule has 2 aromatic heterocycles. The number of halogens is 1. The molecule has 126 valence electrons. The Balaban J connectivity index is 1.84. The highest BCUT2D eigenvalue weighted by atomic mass is 19.1. The summed E-state index contributed by atoms with van der Waals surface area (Å²) in [7, 11) is 1.54. The second kappa shape index (κ2) is 7.00. The first kappa shape index (κ1) is 16.4. The molecule has 0 amide bonds. The number of ketones is 1. The van der Waals surface area contributed by atoms with Crippen LogP contribution in [0.15, 0.2) is 53.7 Å². The number of anilines is 1. The van der Waals surface area contributed by atoms with Crippen LogP contribution in [0, 0.1) is 5.82 Å². The predicted molar refractivity (Wildman–Crippen MR) is 89.7 cm³/mol. The first-order chi connectivity index (χ1) is 12.0. The van der Waals surface area contributed by atoms with Crippen LogP contribution in [0.3, 0.4) is 0 Å². The number of Topliss-reactive ketones (excluding diaryl/α,β-unsaturated/α-hetero) is 1. The molecule has 0 atom stereocenters. The van der Waals surface area contributed by atoms with Crippen molar-refractivity contribution in [3.63, 3.8) is 0 Å². The summed E-state index contributed by atoms with van der Waals surface area (Å²) in [6.07, 6.45) is 2.90. The van der Waals surface area contributed by atoms with E-state index in [-0.39, 0.29) is 29.4 Å². The fourth-order valence-corrected chi connectivity index (χ4v) is 2.19. The van der Waals surface area contributed by atoms with Gasteiger partial charge >= 0.3 is 0 Å². The second-order valence-corrected chi connectivity index (χ2v) is 5.24. The normalized spacial score (nSPS) is 10.5. The van der Waals surface area contributed by atoms with Crippen molar-refractivity contribution in [3.05, 3.63) is 70.7 Å². The molecule has 0 aliphatic heterocycles. The van der Waals surface area contributed by atoms with Gasteiger partial charge in [-0.25, -0.2) is 19.3 Å². The molecular formula is C17H14FN5O2. The molecule has 7 nitrogen and oxygen atoms in total. The van der Waals surface area contributed by atoms with E-state index < -0.39 is 5.82 Å². The number of nitrogens with zero attached hydrogens (tertiary/aromatic N) is 4. The first-order valence-electron chi connectivity index (χ1n) is 7.41. The second-order valence-electron chi connectivity index (χ2n) is 5.24. The lowest BCUT2D eigenvalue weighted by Crippen LogP contribution is -2.24. The van der Waals surface area contributed by atoms with Crippen molar-refractivity contribution >= 4 is 11.7 Å². The smallest absolute Gasteiger partial charge is 0.255 e. The van der Waals surface area contributed by atoms with Crippen molar-refractivity contribution in [2.75, 3.05) is 11.9 Å². The third-order valence-corrected chi connectivity index (χ3v) is 3.53. The van der Waals surface area contributed by atoms with Gasteiger partial charge in [-0.15, -0.1) is 0 Å². The Labute approximate surface area is 142 Å². The van der Waals surface area contributed by atoms with Gasteiger partial charge in [-0.05, 0) is 18.2 Å². The summed E-state index contributed by atoms with van der Waals surface area (Å²) < 4.78 is 14.5. The van der Waals surface area contributed by atoms with Gasteiger partial charge in [0.1, 0.15) is 12.1 Å². The SMILES string of the molecule is Cn1c(NCC(=O)c2cccc(F)c2)nc(-c2ccncn2)cc1=O. The Hall–Kier alpha value is -3.42. The van der Waals surface area contributed by atoms with Crippen LogP contribution in [0.25, 0.3) is 11.4 Å². The van der Waals surface area contributed by atoms with Crippen LogP contribution in [0.4, 0.5) is 10.3 Å². The van der Waals surface area contributed by atoms with Gasteiger partial charge in [0.25, 0.3) is 5.56 Å². The largest absolute Gasteiger partial charge is 0.348 e.